The molecule has 182 valence electrons. The van der Waals surface area contributed by atoms with E-state index in [1.54, 1.807) is 47.4 Å². The standard InChI is InChI=1S/C25H24FN3O5S/c26-19-3-7-21(8-4-19)28-11-13-29(14-12-28)25(30)18-1-5-20(6-2-18)27-35(31,32)22-9-10-23-24(17-22)34-16-15-33-23/h1-10,17,27H,11-16H2. The molecule has 0 saturated carbocycles. The summed E-state index contributed by atoms with van der Waals surface area (Å²) in [4.78, 5) is 16.9. The number of hydrogen-bond acceptors (Lipinski definition) is 6. The lowest BCUT2D eigenvalue weighted by atomic mass is 10.1. The Morgan fingerprint density at radius 1 is 0.829 bits per heavy atom. The van der Waals surface area contributed by atoms with Gasteiger partial charge in [0.2, 0.25) is 0 Å². The molecule has 0 aliphatic carbocycles. The average Bonchev–Trinajstić information content (AvgIpc) is 2.89. The van der Waals surface area contributed by atoms with E-state index in [9.17, 15) is 17.6 Å². The van der Waals surface area contributed by atoms with Crippen LogP contribution in [-0.2, 0) is 10.0 Å². The number of anilines is 2. The highest BCUT2D eigenvalue weighted by Gasteiger charge is 2.23. The van der Waals surface area contributed by atoms with Gasteiger partial charge in [-0.3, -0.25) is 9.52 Å². The summed E-state index contributed by atoms with van der Waals surface area (Å²) in [5.41, 5.74) is 1.74. The van der Waals surface area contributed by atoms with E-state index in [0.29, 0.717) is 62.1 Å². The SMILES string of the molecule is O=C(c1ccc(NS(=O)(=O)c2ccc3c(c2)OCCO3)cc1)N1CCN(c2ccc(F)cc2)CC1. The summed E-state index contributed by atoms with van der Waals surface area (Å²) in [7, 11) is -3.85. The molecule has 2 heterocycles. The van der Waals surface area contributed by atoms with Gasteiger partial charge < -0.3 is 19.3 Å². The zero-order valence-corrected chi connectivity index (χ0v) is 19.6. The topological polar surface area (TPSA) is 88.2 Å². The van der Waals surface area contributed by atoms with Crippen molar-refractivity contribution in [2.24, 2.45) is 0 Å². The van der Waals surface area contributed by atoms with Crippen LogP contribution in [0.15, 0.2) is 71.6 Å². The predicted molar refractivity (Wildman–Crippen MR) is 129 cm³/mol. The Morgan fingerprint density at radius 3 is 2.17 bits per heavy atom. The molecule has 2 aliphatic rings. The molecule has 10 heteroatoms. The summed E-state index contributed by atoms with van der Waals surface area (Å²) in [6.45, 7) is 3.14. The lowest BCUT2D eigenvalue weighted by Crippen LogP contribution is -2.48. The Hall–Kier alpha value is -3.79. The van der Waals surface area contributed by atoms with Crippen molar-refractivity contribution in [1.29, 1.82) is 0 Å². The number of nitrogens with one attached hydrogen (secondary N) is 1. The zero-order chi connectivity index (χ0) is 24.4. The van der Waals surface area contributed by atoms with Crippen molar-refractivity contribution in [2.45, 2.75) is 4.90 Å². The maximum Gasteiger partial charge on any atom is 0.262 e. The number of nitrogens with zero attached hydrogens (tertiary/aromatic N) is 2. The van der Waals surface area contributed by atoms with Crippen molar-refractivity contribution in [1.82, 2.24) is 4.90 Å². The van der Waals surface area contributed by atoms with Gasteiger partial charge in [0.05, 0.1) is 4.90 Å². The maximum atomic E-state index is 13.2. The molecule has 3 aromatic carbocycles. The highest BCUT2D eigenvalue weighted by atomic mass is 32.2. The van der Waals surface area contributed by atoms with E-state index in [0.717, 1.165) is 5.69 Å². The van der Waals surface area contributed by atoms with Crippen LogP contribution in [0.1, 0.15) is 10.4 Å². The van der Waals surface area contributed by atoms with Crippen LogP contribution in [0.25, 0.3) is 0 Å². The number of halogens is 1. The molecular formula is C25H24FN3O5S. The number of hydrogen-bond donors (Lipinski definition) is 1. The van der Waals surface area contributed by atoms with Gasteiger partial charge in [-0.05, 0) is 60.7 Å². The number of amides is 1. The first-order valence-electron chi connectivity index (χ1n) is 11.2. The van der Waals surface area contributed by atoms with Crippen LogP contribution in [0.3, 0.4) is 0 Å². The van der Waals surface area contributed by atoms with Crippen molar-refractivity contribution in [3.8, 4) is 11.5 Å². The van der Waals surface area contributed by atoms with E-state index in [4.69, 9.17) is 9.47 Å². The van der Waals surface area contributed by atoms with Gasteiger partial charge in [-0.1, -0.05) is 0 Å². The molecule has 0 atom stereocenters. The molecular weight excluding hydrogens is 473 g/mol. The molecule has 1 saturated heterocycles. The summed E-state index contributed by atoms with van der Waals surface area (Å²) in [6, 6.07) is 17.1. The van der Waals surface area contributed by atoms with Crippen molar-refractivity contribution in [2.75, 3.05) is 49.0 Å². The van der Waals surface area contributed by atoms with Gasteiger partial charge in [0.1, 0.15) is 19.0 Å². The molecule has 8 nitrogen and oxygen atoms in total. The van der Waals surface area contributed by atoms with Gasteiger partial charge in [-0.2, -0.15) is 0 Å². The molecule has 0 aromatic heterocycles. The van der Waals surface area contributed by atoms with Crippen LogP contribution in [0.5, 0.6) is 11.5 Å². The average molecular weight is 498 g/mol. The van der Waals surface area contributed by atoms with Crippen LogP contribution < -0.4 is 19.1 Å². The van der Waals surface area contributed by atoms with E-state index in [1.807, 2.05) is 0 Å². The highest BCUT2D eigenvalue weighted by Crippen LogP contribution is 2.32. The monoisotopic (exact) mass is 497 g/mol. The van der Waals surface area contributed by atoms with Crippen LogP contribution in [0.4, 0.5) is 15.8 Å². The number of piperazine rings is 1. The fourth-order valence-corrected chi connectivity index (χ4v) is 5.16. The second-order valence-corrected chi connectivity index (χ2v) is 9.93. The molecule has 1 fully saturated rings. The molecule has 1 N–H and O–H groups in total. The van der Waals surface area contributed by atoms with Gasteiger partial charge in [0, 0.05) is 49.2 Å². The molecule has 0 radical (unpaired) electrons. The number of rotatable bonds is 5. The third-order valence-corrected chi connectivity index (χ3v) is 7.35. The number of ether oxygens (including phenoxy) is 2. The van der Waals surface area contributed by atoms with Gasteiger partial charge in [0.15, 0.2) is 11.5 Å². The molecule has 3 aromatic rings. The summed E-state index contributed by atoms with van der Waals surface area (Å²) in [6.07, 6.45) is 0. The Kier molecular flexibility index (Phi) is 6.21. The lowest BCUT2D eigenvalue weighted by Gasteiger charge is -2.36. The lowest BCUT2D eigenvalue weighted by molar-refractivity contribution is 0.0747. The Morgan fingerprint density at radius 2 is 1.49 bits per heavy atom. The van der Waals surface area contributed by atoms with Crippen LogP contribution >= 0.6 is 0 Å². The number of benzene rings is 3. The maximum absolute atomic E-state index is 13.2. The molecule has 0 bridgehead atoms. The minimum atomic E-state index is -3.85. The molecule has 0 spiro atoms. The second kappa shape index (κ2) is 9.46. The Bertz CT molecular complexity index is 1320. The third-order valence-electron chi connectivity index (χ3n) is 5.97. The summed E-state index contributed by atoms with van der Waals surface area (Å²) in [5.74, 6) is 0.501. The highest BCUT2D eigenvalue weighted by molar-refractivity contribution is 7.92. The first kappa shape index (κ1) is 23.0. The van der Waals surface area contributed by atoms with Crippen LogP contribution in [0, 0.1) is 5.82 Å². The minimum Gasteiger partial charge on any atom is -0.486 e. The van der Waals surface area contributed by atoms with Crippen LogP contribution in [-0.4, -0.2) is 58.6 Å². The molecule has 5 rings (SSSR count). The number of carbonyl (C=O) groups is 1. The van der Waals surface area contributed by atoms with Gasteiger partial charge in [-0.25, -0.2) is 12.8 Å². The van der Waals surface area contributed by atoms with Crippen LogP contribution in [0.2, 0.25) is 0 Å². The summed E-state index contributed by atoms with van der Waals surface area (Å²) in [5, 5.41) is 0. The van der Waals surface area contributed by atoms with Crippen molar-refractivity contribution >= 4 is 27.3 Å². The number of fused-ring (bicyclic) bond motifs is 1. The normalized spacial score (nSPS) is 15.6. The van der Waals surface area contributed by atoms with Crippen molar-refractivity contribution in [3.05, 3.63) is 78.1 Å². The summed E-state index contributed by atoms with van der Waals surface area (Å²) >= 11 is 0. The van der Waals surface area contributed by atoms with E-state index >= 15 is 0 Å². The first-order chi connectivity index (χ1) is 16.9. The van der Waals surface area contributed by atoms with Gasteiger partial charge in [-0.15, -0.1) is 0 Å². The minimum absolute atomic E-state index is 0.0564. The third kappa shape index (κ3) is 5.02. The van der Waals surface area contributed by atoms with E-state index in [-0.39, 0.29) is 16.6 Å². The Labute approximate surface area is 202 Å². The molecule has 2 aliphatic heterocycles. The van der Waals surface area contributed by atoms with Crippen molar-refractivity contribution < 1.29 is 27.1 Å². The second-order valence-electron chi connectivity index (χ2n) is 8.24. The van der Waals surface area contributed by atoms with E-state index < -0.39 is 10.0 Å². The largest absolute Gasteiger partial charge is 0.486 e. The van der Waals surface area contributed by atoms with Gasteiger partial charge >= 0.3 is 0 Å². The Balaban J connectivity index is 1.21. The molecule has 0 unspecified atom stereocenters. The quantitative estimate of drug-likeness (QED) is 0.582. The van der Waals surface area contributed by atoms with Gasteiger partial charge in [0.25, 0.3) is 15.9 Å². The van der Waals surface area contributed by atoms with E-state index in [2.05, 4.69) is 9.62 Å². The summed E-state index contributed by atoms with van der Waals surface area (Å²) < 4.78 is 52.2. The smallest absolute Gasteiger partial charge is 0.262 e. The van der Waals surface area contributed by atoms with Crippen molar-refractivity contribution in [3.63, 3.8) is 0 Å². The molecule has 1 amide bonds. The predicted octanol–water partition coefficient (Wildman–Crippen LogP) is 3.36. The van der Waals surface area contributed by atoms with E-state index in [1.165, 1.54) is 24.3 Å². The first-order valence-corrected chi connectivity index (χ1v) is 12.7. The number of carbonyl (C=O) groups excluding carboxylic acids is 1. The number of sulfonamides is 1. The zero-order valence-electron chi connectivity index (χ0n) is 18.8. The molecule has 35 heavy (non-hydrogen) atoms. The fraction of sp³-hybridized carbons (Fsp3) is 0.240. The fourth-order valence-electron chi connectivity index (χ4n) is 4.09.